The number of nitrogens with one attached hydrogen (secondary N) is 3. The van der Waals surface area contributed by atoms with Crippen molar-refractivity contribution in [1.82, 2.24) is 24.6 Å². The first kappa shape index (κ1) is 19.6. The fraction of sp³-hybridized carbons (Fsp3) is 0.467. The van der Waals surface area contributed by atoms with Crippen molar-refractivity contribution in [2.45, 2.75) is 37.2 Å². The zero-order chi connectivity index (χ0) is 19.8. The lowest BCUT2D eigenvalue weighted by Gasteiger charge is -2.24. The van der Waals surface area contributed by atoms with Crippen molar-refractivity contribution in [2.24, 2.45) is 0 Å². The summed E-state index contributed by atoms with van der Waals surface area (Å²) in [4.78, 5) is 43.7. The number of aromatic amines is 2. The monoisotopic (exact) mass is 413 g/mol. The third-order valence-electron chi connectivity index (χ3n) is 4.32. The molecule has 1 fully saturated rings. The number of pyridine rings is 1. The molecule has 0 saturated carbocycles. The van der Waals surface area contributed by atoms with Crippen molar-refractivity contribution < 1.29 is 13.2 Å². The van der Waals surface area contributed by atoms with Gasteiger partial charge in [-0.2, -0.15) is 4.31 Å². The Labute approximate surface area is 158 Å². The van der Waals surface area contributed by atoms with Gasteiger partial charge in [0.2, 0.25) is 15.9 Å². The quantitative estimate of drug-likeness (QED) is 0.604. The highest BCUT2D eigenvalue weighted by molar-refractivity contribution is 8.00. The van der Waals surface area contributed by atoms with Gasteiger partial charge >= 0.3 is 5.69 Å². The molecule has 10 nitrogen and oxygen atoms in total. The molecule has 146 valence electrons. The summed E-state index contributed by atoms with van der Waals surface area (Å²) >= 11 is 1.33. The maximum absolute atomic E-state index is 13.0. The predicted octanol–water partition coefficient (Wildman–Crippen LogP) is -0.410. The molecule has 1 saturated heterocycles. The molecule has 2 aromatic heterocycles. The summed E-state index contributed by atoms with van der Waals surface area (Å²) in [5.41, 5.74) is -1.47. The Bertz CT molecular complexity index is 1090. The van der Waals surface area contributed by atoms with E-state index in [2.05, 4.69) is 15.3 Å². The number of carbonyl (C=O) groups is 1. The summed E-state index contributed by atoms with van der Waals surface area (Å²) < 4.78 is 27.2. The number of nitrogens with zero attached hydrogens (tertiary/aromatic N) is 2. The minimum atomic E-state index is -4.05. The maximum Gasteiger partial charge on any atom is 0.327 e. The van der Waals surface area contributed by atoms with Crippen LogP contribution in [-0.2, 0) is 14.8 Å². The number of carbonyl (C=O) groups excluding carboxylic acids is 1. The van der Waals surface area contributed by atoms with E-state index < -0.39 is 27.3 Å². The van der Waals surface area contributed by atoms with Crippen LogP contribution in [0.1, 0.15) is 20.3 Å². The molecule has 0 bridgehead atoms. The lowest BCUT2D eigenvalue weighted by atomic mass is 10.2. The summed E-state index contributed by atoms with van der Waals surface area (Å²) in [5.74, 6) is 0.117. The average Bonchev–Trinajstić information content (AvgIpc) is 3.11. The van der Waals surface area contributed by atoms with Crippen LogP contribution >= 0.6 is 11.8 Å². The van der Waals surface area contributed by atoms with Gasteiger partial charge in [-0.15, -0.1) is 11.8 Å². The Morgan fingerprint density at radius 2 is 2.19 bits per heavy atom. The van der Waals surface area contributed by atoms with Crippen molar-refractivity contribution >= 4 is 38.7 Å². The highest BCUT2D eigenvalue weighted by Crippen LogP contribution is 2.28. The molecule has 27 heavy (non-hydrogen) atoms. The van der Waals surface area contributed by atoms with Crippen LogP contribution in [0.4, 0.5) is 0 Å². The van der Waals surface area contributed by atoms with Gasteiger partial charge in [0.15, 0.2) is 0 Å². The second kappa shape index (κ2) is 7.44. The molecule has 2 aromatic rings. The van der Waals surface area contributed by atoms with E-state index in [1.54, 1.807) is 0 Å². The number of aromatic nitrogens is 3. The molecule has 1 aliphatic heterocycles. The molecule has 0 unspecified atom stereocenters. The molecule has 3 rings (SSSR count). The molecule has 0 aromatic carbocycles. The Kier molecular flexibility index (Phi) is 5.40. The standard InChI is InChI=1S/C15H19N5O5S2/c1-3-8(2)17-14(22)11-6-26-7-20(11)27(24,25)9-4-10-12(16-5-9)18-15(23)19-13(10)21/h4-5,8,11H,3,6-7H2,1-2H3,(H,17,22)(H2,16,18,19,21,23)/t8-,11-/m1/s1. The second-order valence-corrected chi connectivity index (χ2v) is 9.09. The van der Waals surface area contributed by atoms with Crippen molar-refractivity contribution in [3.05, 3.63) is 33.1 Å². The van der Waals surface area contributed by atoms with Crippen molar-refractivity contribution in [1.29, 1.82) is 0 Å². The van der Waals surface area contributed by atoms with E-state index in [0.717, 1.165) is 23.0 Å². The van der Waals surface area contributed by atoms with Gasteiger partial charge in [0, 0.05) is 18.0 Å². The van der Waals surface area contributed by atoms with Crippen LogP contribution in [0.25, 0.3) is 11.0 Å². The van der Waals surface area contributed by atoms with Crippen LogP contribution in [0.15, 0.2) is 26.7 Å². The van der Waals surface area contributed by atoms with Gasteiger partial charge in [0.1, 0.15) is 16.6 Å². The third kappa shape index (κ3) is 3.77. The molecule has 3 heterocycles. The number of hydrogen-bond donors (Lipinski definition) is 3. The number of hydrogen-bond acceptors (Lipinski definition) is 7. The minimum absolute atomic E-state index is 0.00967. The molecule has 3 N–H and O–H groups in total. The van der Waals surface area contributed by atoms with Crippen LogP contribution in [-0.4, -0.2) is 57.3 Å². The second-order valence-electron chi connectivity index (χ2n) is 6.20. The van der Waals surface area contributed by atoms with Gasteiger partial charge in [0.05, 0.1) is 11.3 Å². The van der Waals surface area contributed by atoms with E-state index >= 15 is 0 Å². The Balaban J connectivity index is 1.98. The first-order valence-electron chi connectivity index (χ1n) is 8.26. The zero-order valence-electron chi connectivity index (χ0n) is 14.7. The van der Waals surface area contributed by atoms with E-state index in [4.69, 9.17) is 0 Å². The van der Waals surface area contributed by atoms with Crippen LogP contribution in [0.2, 0.25) is 0 Å². The smallest absolute Gasteiger partial charge is 0.327 e. The topological polar surface area (TPSA) is 145 Å². The van der Waals surface area contributed by atoms with E-state index in [1.807, 2.05) is 18.8 Å². The average molecular weight is 413 g/mol. The Hall–Kier alpha value is -2.18. The van der Waals surface area contributed by atoms with E-state index in [-0.39, 0.29) is 33.8 Å². The Morgan fingerprint density at radius 3 is 2.89 bits per heavy atom. The highest BCUT2D eigenvalue weighted by atomic mass is 32.2. The summed E-state index contributed by atoms with van der Waals surface area (Å²) in [7, 11) is -4.05. The molecular formula is C15H19N5O5S2. The molecular weight excluding hydrogens is 394 g/mol. The summed E-state index contributed by atoms with van der Waals surface area (Å²) in [5, 5.41) is 2.75. The van der Waals surface area contributed by atoms with Crippen LogP contribution in [0, 0.1) is 0 Å². The Morgan fingerprint density at radius 1 is 1.44 bits per heavy atom. The number of thioether (sulfide) groups is 1. The number of H-pyrrole nitrogens is 2. The van der Waals surface area contributed by atoms with Gasteiger partial charge in [-0.05, 0) is 19.4 Å². The first-order chi connectivity index (χ1) is 12.7. The molecule has 2 atom stereocenters. The number of amides is 1. The van der Waals surface area contributed by atoms with Gasteiger partial charge in [-0.25, -0.2) is 18.2 Å². The zero-order valence-corrected chi connectivity index (χ0v) is 16.3. The van der Waals surface area contributed by atoms with Gasteiger partial charge < -0.3 is 5.32 Å². The molecule has 0 aliphatic carbocycles. The van der Waals surface area contributed by atoms with E-state index in [9.17, 15) is 22.8 Å². The molecule has 1 aliphatic rings. The van der Waals surface area contributed by atoms with E-state index in [1.165, 1.54) is 11.8 Å². The van der Waals surface area contributed by atoms with Gasteiger partial charge in [-0.1, -0.05) is 6.92 Å². The van der Waals surface area contributed by atoms with Crippen LogP contribution in [0.3, 0.4) is 0 Å². The predicted molar refractivity (Wildman–Crippen MR) is 101 cm³/mol. The van der Waals surface area contributed by atoms with Gasteiger partial charge in [-0.3, -0.25) is 19.6 Å². The molecule has 1 amide bonds. The minimum Gasteiger partial charge on any atom is -0.352 e. The lowest BCUT2D eigenvalue weighted by molar-refractivity contribution is -0.124. The number of rotatable bonds is 5. The number of fused-ring (bicyclic) bond motifs is 1. The fourth-order valence-corrected chi connectivity index (χ4v) is 5.74. The maximum atomic E-state index is 13.0. The number of sulfonamides is 1. The van der Waals surface area contributed by atoms with Crippen molar-refractivity contribution in [3.63, 3.8) is 0 Å². The van der Waals surface area contributed by atoms with Crippen molar-refractivity contribution in [2.75, 3.05) is 11.6 Å². The summed E-state index contributed by atoms with van der Waals surface area (Å²) in [6.07, 6.45) is 1.80. The summed E-state index contributed by atoms with van der Waals surface area (Å²) in [6, 6.07) is 0.253. The molecule has 0 spiro atoms. The normalized spacial score (nSPS) is 19.3. The van der Waals surface area contributed by atoms with Crippen LogP contribution < -0.4 is 16.6 Å². The molecule has 12 heteroatoms. The van der Waals surface area contributed by atoms with Crippen LogP contribution in [0.5, 0.6) is 0 Å². The van der Waals surface area contributed by atoms with Crippen molar-refractivity contribution in [3.8, 4) is 0 Å². The first-order valence-corrected chi connectivity index (χ1v) is 10.9. The lowest BCUT2D eigenvalue weighted by Crippen LogP contribution is -2.49. The fourth-order valence-electron chi connectivity index (χ4n) is 2.62. The van der Waals surface area contributed by atoms with E-state index in [0.29, 0.717) is 5.75 Å². The highest BCUT2D eigenvalue weighted by Gasteiger charge is 2.40. The van der Waals surface area contributed by atoms with Gasteiger partial charge in [0.25, 0.3) is 5.56 Å². The summed E-state index contributed by atoms with van der Waals surface area (Å²) in [6.45, 7) is 3.77. The molecule has 0 radical (unpaired) electrons. The largest absolute Gasteiger partial charge is 0.352 e. The third-order valence-corrected chi connectivity index (χ3v) is 7.31. The SMILES string of the molecule is CC[C@@H](C)NC(=O)[C@H]1CSCN1S(=O)(=O)c1cnc2[nH]c(=O)[nH]c(=O)c2c1.